The summed E-state index contributed by atoms with van der Waals surface area (Å²) in [6.45, 7) is 4.26. The van der Waals surface area contributed by atoms with Crippen LogP contribution in [0.1, 0.15) is 47.1 Å². The van der Waals surface area contributed by atoms with Crippen molar-refractivity contribution in [1.29, 1.82) is 0 Å². The van der Waals surface area contributed by atoms with E-state index in [-0.39, 0.29) is 23.2 Å². The molecule has 3 N–H and O–H groups in total. The van der Waals surface area contributed by atoms with Gasteiger partial charge in [-0.3, -0.25) is 4.79 Å². The first-order chi connectivity index (χ1) is 16.0. The molecule has 0 aliphatic rings. The Morgan fingerprint density at radius 3 is 2.61 bits per heavy atom. The van der Waals surface area contributed by atoms with Gasteiger partial charge in [-0.05, 0) is 51.6 Å². The highest BCUT2D eigenvalue weighted by atomic mass is 16.6. The second kappa shape index (κ2) is 9.73. The molecule has 33 heavy (non-hydrogen) atoms. The number of nitrogens with zero attached hydrogens (tertiary/aromatic N) is 6. The molecule has 0 spiro atoms. The predicted octanol–water partition coefficient (Wildman–Crippen LogP) is 2.70. The number of hydrazone groups is 1. The maximum Gasteiger partial charge on any atom is 0.293 e. The molecular weight excluding hydrogens is 424 g/mol. The number of amides is 1. The highest BCUT2D eigenvalue weighted by molar-refractivity contribution is 5.94. The molecule has 4 rings (SSSR count). The van der Waals surface area contributed by atoms with Crippen LogP contribution in [0.3, 0.4) is 0 Å². The van der Waals surface area contributed by atoms with E-state index in [1.54, 1.807) is 0 Å². The van der Waals surface area contributed by atoms with Gasteiger partial charge >= 0.3 is 0 Å². The molecule has 0 aliphatic heterocycles. The Labute approximate surface area is 189 Å². The Morgan fingerprint density at radius 2 is 1.94 bits per heavy atom. The number of carbonyl (C=O) groups excluding carboxylic acids is 1. The molecule has 0 atom stereocenters. The molecule has 1 amide bonds. The van der Waals surface area contributed by atoms with Crippen LogP contribution >= 0.6 is 0 Å². The highest BCUT2D eigenvalue weighted by Gasteiger charge is 2.25. The van der Waals surface area contributed by atoms with Crippen LogP contribution in [-0.4, -0.2) is 37.4 Å². The zero-order valence-corrected chi connectivity index (χ0v) is 18.0. The lowest BCUT2D eigenvalue weighted by atomic mass is 10.1. The summed E-state index contributed by atoms with van der Waals surface area (Å²) in [5.41, 5.74) is 10.7. The lowest BCUT2D eigenvalue weighted by Gasteiger charge is -2.08. The van der Waals surface area contributed by atoms with Gasteiger partial charge in [0, 0.05) is 0 Å². The molecule has 0 saturated heterocycles. The molecule has 2 aromatic carbocycles. The number of nitrogen functional groups attached to an aromatic ring is 1. The van der Waals surface area contributed by atoms with Crippen molar-refractivity contribution in [2.24, 2.45) is 5.10 Å². The summed E-state index contributed by atoms with van der Waals surface area (Å²) < 4.78 is 11.7. The molecular formula is C22H22N8O3. The monoisotopic (exact) mass is 446 g/mol. The normalized spacial score (nSPS) is 11.2. The molecule has 0 fully saturated rings. The van der Waals surface area contributed by atoms with E-state index in [0.29, 0.717) is 12.3 Å². The molecule has 2 aromatic heterocycles. The van der Waals surface area contributed by atoms with E-state index in [9.17, 15) is 4.79 Å². The van der Waals surface area contributed by atoms with Gasteiger partial charge in [-0.2, -0.15) is 9.78 Å². The lowest BCUT2D eigenvalue weighted by Crippen LogP contribution is -2.21. The molecule has 0 radical (unpaired) electrons. The second-order valence-electron chi connectivity index (χ2n) is 7.41. The number of carbonyl (C=O) groups is 1. The van der Waals surface area contributed by atoms with Crippen molar-refractivity contribution in [3.63, 3.8) is 0 Å². The standard InChI is InChI=1S/C22H22N8O3/c1-14(2)19-18(25-29-30(19)21-20(23)27-33-28-21)22(31)26-24-12-15-8-10-17(11-9-15)32-13-16-6-4-3-5-7-16/h3-12,14H,13H2,1-2H3,(H2,23,27)(H,26,31)/b24-12-. The van der Waals surface area contributed by atoms with Crippen molar-refractivity contribution in [1.82, 2.24) is 30.7 Å². The van der Waals surface area contributed by atoms with Gasteiger partial charge in [0.25, 0.3) is 5.91 Å². The van der Waals surface area contributed by atoms with E-state index in [1.165, 1.54) is 10.9 Å². The summed E-state index contributed by atoms with van der Waals surface area (Å²) in [5, 5.41) is 19.2. The van der Waals surface area contributed by atoms with Crippen LogP contribution in [0.2, 0.25) is 0 Å². The fourth-order valence-corrected chi connectivity index (χ4v) is 3.07. The molecule has 2 heterocycles. The Hall–Kier alpha value is -4.54. The number of nitrogens with one attached hydrogen (secondary N) is 1. The van der Waals surface area contributed by atoms with Crippen LogP contribution in [0, 0.1) is 0 Å². The maximum atomic E-state index is 12.7. The molecule has 168 valence electrons. The average Bonchev–Trinajstić information content (AvgIpc) is 3.45. The van der Waals surface area contributed by atoms with Crippen LogP contribution in [-0.2, 0) is 6.61 Å². The topological polar surface area (TPSA) is 146 Å². The van der Waals surface area contributed by atoms with Crippen molar-refractivity contribution in [2.45, 2.75) is 26.4 Å². The third-order valence-electron chi connectivity index (χ3n) is 4.67. The first kappa shape index (κ1) is 21.7. The Morgan fingerprint density at radius 1 is 1.18 bits per heavy atom. The molecule has 0 aliphatic carbocycles. The summed E-state index contributed by atoms with van der Waals surface area (Å²) in [7, 11) is 0. The summed E-state index contributed by atoms with van der Waals surface area (Å²) in [5.74, 6) is 0.328. The molecule has 0 bridgehead atoms. The summed E-state index contributed by atoms with van der Waals surface area (Å²) in [6.07, 6.45) is 1.53. The van der Waals surface area contributed by atoms with Crippen molar-refractivity contribution < 1.29 is 14.2 Å². The number of anilines is 1. The Bertz CT molecular complexity index is 1250. The number of hydrogen-bond donors (Lipinski definition) is 2. The molecule has 0 unspecified atom stereocenters. The van der Waals surface area contributed by atoms with Crippen LogP contribution in [0.5, 0.6) is 5.75 Å². The number of nitrogens with two attached hydrogens (primary N) is 1. The number of ether oxygens (including phenoxy) is 1. The van der Waals surface area contributed by atoms with Gasteiger partial charge in [-0.25, -0.2) is 10.1 Å². The van der Waals surface area contributed by atoms with Crippen LogP contribution < -0.4 is 15.9 Å². The summed E-state index contributed by atoms with van der Waals surface area (Å²) in [6, 6.07) is 17.3. The van der Waals surface area contributed by atoms with Crippen molar-refractivity contribution in [3.05, 3.63) is 77.1 Å². The van der Waals surface area contributed by atoms with Gasteiger partial charge in [0.15, 0.2) is 5.69 Å². The van der Waals surface area contributed by atoms with Gasteiger partial charge in [0.05, 0.1) is 11.9 Å². The maximum absolute atomic E-state index is 12.7. The third-order valence-corrected chi connectivity index (χ3v) is 4.67. The van der Waals surface area contributed by atoms with E-state index in [0.717, 1.165) is 16.9 Å². The zero-order chi connectivity index (χ0) is 23.2. The molecule has 4 aromatic rings. The molecule has 11 nitrogen and oxygen atoms in total. The third kappa shape index (κ3) is 5.03. The fourth-order valence-electron chi connectivity index (χ4n) is 3.07. The highest BCUT2D eigenvalue weighted by Crippen LogP contribution is 2.22. The average molecular weight is 446 g/mol. The van der Waals surface area contributed by atoms with Crippen LogP contribution in [0.15, 0.2) is 64.3 Å². The molecule has 11 heteroatoms. The van der Waals surface area contributed by atoms with E-state index < -0.39 is 5.91 Å². The van der Waals surface area contributed by atoms with E-state index in [4.69, 9.17) is 10.5 Å². The van der Waals surface area contributed by atoms with Gasteiger partial charge in [0.2, 0.25) is 11.6 Å². The van der Waals surface area contributed by atoms with Crippen LogP contribution in [0.4, 0.5) is 5.82 Å². The van der Waals surface area contributed by atoms with Crippen molar-refractivity contribution >= 4 is 17.9 Å². The van der Waals surface area contributed by atoms with E-state index in [1.807, 2.05) is 68.4 Å². The Kier molecular flexibility index (Phi) is 6.39. The summed E-state index contributed by atoms with van der Waals surface area (Å²) in [4.78, 5) is 12.7. The second-order valence-corrected chi connectivity index (χ2v) is 7.41. The van der Waals surface area contributed by atoms with E-state index >= 15 is 0 Å². The van der Waals surface area contributed by atoms with Crippen LogP contribution in [0.25, 0.3) is 5.82 Å². The minimum absolute atomic E-state index is 0.0444. The number of rotatable bonds is 8. The minimum atomic E-state index is -0.515. The van der Waals surface area contributed by atoms with Gasteiger partial charge < -0.3 is 10.5 Å². The fraction of sp³-hybridized carbons (Fsp3) is 0.182. The number of aromatic nitrogens is 5. The predicted molar refractivity (Wildman–Crippen MR) is 120 cm³/mol. The quantitative estimate of drug-likeness (QED) is 0.310. The number of hydrogen-bond acceptors (Lipinski definition) is 9. The van der Waals surface area contributed by atoms with Crippen molar-refractivity contribution in [2.75, 3.05) is 5.73 Å². The Balaban J connectivity index is 1.39. The SMILES string of the molecule is CC(C)c1c(C(=O)N/N=C\c2ccc(OCc3ccccc3)cc2)nnn1-c1nonc1N. The van der Waals surface area contributed by atoms with Gasteiger partial charge in [-0.15, -0.1) is 5.10 Å². The largest absolute Gasteiger partial charge is 0.489 e. The van der Waals surface area contributed by atoms with E-state index in [2.05, 4.69) is 35.8 Å². The molecule has 0 saturated carbocycles. The van der Waals surface area contributed by atoms with Crippen molar-refractivity contribution in [3.8, 4) is 11.6 Å². The summed E-state index contributed by atoms with van der Waals surface area (Å²) >= 11 is 0. The van der Waals surface area contributed by atoms with Gasteiger partial charge in [-0.1, -0.05) is 49.4 Å². The zero-order valence-electron chi connectivity index (χ0n) is 18.0. The van der Waals surface area contributed by atoms with Gasteiger partial charge in [0.1, 0.15) is 12.4 Å². The first-order valence-electron chi connectivity index (χ1n) is 10.2. The number of benzene rings is 2. The minimum Gasteiger partial charge on any atom is -0.489 e. The lowest BCUT2D eigenvalue weighted by molar-refractivity contribution is 0.0948. The smallest absolute Gasteiger partial charge is 0.293 e. The first-order valence-corrected chi connectivity index (χ1v) is 10.2.